The van der Waals surface area contributed by atoms with Crippen molar-refractivity contribution in [3.63, 3.8) is 0 Å². The van der Waals surface area contributed by atoms with Crippen molar-refractivity contribution in [2.75, 3.05) is 19.0 Å². The van der Waals surface area contributed by atoms with Crippen LogP contribution >= 0.6 is 12.2 Å². The molecule has 0 unspecified atom stereocenters. The highest BCUT2D eigenvalue weighted by atomic mass is 32.1. The first-order chi connectivity index (χ1) is 11.6. The smallest absolute Gasteiger partial charge is 0.216 e. The predicted octanol–water partition coefficient (Wildman–Crippen LogP) is 3.69. The largest absolute Gasteiger partial charge is 0.378 e. The van der Waals surface area contributed by atoms with Crippen LogP contribution in [0.4, 0.5) is 10.1 Å². The lowest BCUT2D eigenvalue weighted by Crippen LogP contribution is -2.08. The van der Waals surface area contributed by atoms with Crippen LogP contribution in [0.3, 0.4) is 0 Å². The summed E-state index contributed by atoms with van der Waals surface area (Å²) in [5.41, 5.74) is 2.32. The molecule has 24 heavy (non-hydrogen) atoms. The second-order valence-electron chi connectivity index (χ2n) is 5.37. The van der Waals surface area contributed by atoms with Crippen molar-refractivity contribution >= 4 is 24.1 Å². The van der Waals surface area contributed by atoms with Crippen LogP contribution in [0.1, 0.15) is 5.56 Å². The van der Waals surface area contributed by atoms with Crippen molar-refractivity contribution in [2.24, 2.45) is 5.10 Å². The second-order valence-corrected chi connectivity index (χ2v) is 5.76. The van der Waals surface area contributed by atoms with Crippen molar-refractivity contribution in [2.45, 2.75) is 0 Å². The summed E-state index contributed by atoms with van der Waals surface area (Å²) in [6, 6.07) is 14.3. The van der Waals surface area contributed by atoms with Gasteiger partial charge in [-0.25, -0.2) is 9.49 Å². The lowest BCUT2D eigenvalue weighted by molar-refractivity contribution is 0.625. The van der Waals surface area contributed by atoms with Gasteiger partial charge in [0.25, 0.3) is 0 Å². The van der Waals surface area contributed by atoms with Crippen molar-refractivity contribution in [1.82, 2.24) is 14.9 Å². The third kappa shape index (κ3) is 3.26. The number of hydrogen-bond acceptors (Lipinski definition) is 4. The fourth-order valence-electron chi connectivity index (χ4n) is 2.19. The van der Waals surface area contributed by atoms with Crippen molar-refractivity contribution in [3.05, 3.63) is 64.7 Å². The van der Waals surface area contributed by atoms with Crippen LogP contribution in [0.2, 0.25) is 0 Å². The van der Waals surface area contributed by atoms with Crippen molar-refractivity contribution in [3.8, 4) is 11.4 Å². The molecule has 3 aromatic rings. The summed E-state index contributed by atoms with van der Waals surface area (Å²) < 4.78 is 15.5. The molecule has 0 aliphatic heterocycles. The topological polar surface area (TPSA) is 49.2 Å². The molecule has 0 bridgehead atoms. The van der Waals surface area contributed by atoms with Gasteiger partial charge >= 0.3 is 0 Å². The first kappa shape index (κ1) is 16.1. The Morgan fingerprint density at radius 1 is 1.17 bits per heavy atom. The maximum atomic E-state index is 13.7. The molecule has 0 radical (unpaired) electrons. The van der Waals surface area contributed by atoms with Crippen LogP contribution in [0, 0.1) is 10.6 Å². The summed E-state index contributed by atoms with van der Waals surface area (Å²) in [5.74, 6) is 0.228. The van der Waals surface area contributed by atoms with Crippen LogP contribution in [-0.4, -0.2) is 35.2 Å². The molecule has 2 aromatic carbocycles. The third-order valence-electron chi connectivity index (χ3n) is 3.51. The Bertz CT molecular complexity index is 925. The van der Waals surface area contributed by atoms with Gasteiger partial charge in [0.15, 0.2) is 5.82 Å². The molecule has 1 aromatic heterocycles. The van der Waals surface area contributed by atoms with Gasteiger partial charge in [0.2, 0.25) is 4.77 Å². The Morgan fingerprint density at radius 2 is 1.88 bits per heavy atom. The molecule has 0 saturated heterocycles. The average molecular weight is 341 g/mol. The molecular weight excluding hydrogens is 325 g/mol. The summed E-state index contributed by atoms with van der Waals surface area (Å²) in [6.07, 6.45) is 1.43. The minimum absolute atomic E-state index is 0.340. The molecule has 1 N–H and O–H groups in total. The standard InChI is InChI=1S/C17H16FN5S/c1-22(2)14-9-7-12(8-10-14)16-20-21-17(24)23(16)19-11-13-5-3-4-6-15(13)18/h3-11H,1-2H3,(H,21,24). The molecule has 122 valence electrons. The lowest BCUT2D eigenvalue weighted by atomic mass is 10.2. The molecule has 0 spiro atoms. The minimum atomic E-state index is -0.340. The van der Waals surface area contributed by atoms with Gasteiger partial charge in [-0.3, -0.25) is 0 Å². The number of nitrogens with zero attached hydrogens (tertiary/aromatic N) is 4. The lowest BCUT2D eigenvalue weighted by Gasteiger charge is -2.12. The highest BCUT2D eigenvalue weighted by Gasteiger charge is 2.08. The van der Waals surface area contributed by atoms with E-state index in [-0.39, 0.29) is 5.82 Å². The van der Waals surface area contributed by atoms with E-state index in [2.05, 4.69) is 15.3 Å². The third-order valence-corrected chi connectivity index (χ3v) is 3.77. The molecular formula is C17H16FN5S. The van der Waals surface area contributed by atoms with E-state index in [9.17, 15) is 4.39 Å². The molecule has 0 atom stereocenters. The van der Waals surface area contributed by atoms with Crippen LogP contribution in [0.5, 0.6) is 0 Å². The highest BCUT2D eigenvalue weighted by molar-refractivity contribution is 7.71. The van der Waals surface area contributed by atoms with Crippen molar-refractivity contribution < 1.29 is 4.39 Å². The molecule has 1 heterocycles. The van der Waals surface area contributed by atoms with E-state index >= 15 is 0 Å². The molecule has 0 fully saturated rings. The first-order valence-corrected chi connectivity index (χ1v) is 7.71. The Kier molecular flexibility index (Phi) is 4.52. The molecule has 5 nitrogen and oxygen atoms in total. The number of aromatic nitrogens is 3. The maximum Gasteiger partial charge on any atom is 0.216 e. The summed E-state index contributed by atoms with van der Waals surface area (Å²) >= 11 is 5.22. The predicted molar refractivity (Wildman–Crippen MR) is 96.6 cm³/mol. The van der Waals surface area contributed by atoms with Crippen molar-refractivity contribution in [1.29, 1.82) is 0 Å². The Hall–Kier alpha value is -2.80. The fourth-order valence-corrected chi connectivity index (χ4v) is 2.37. The number of halogens is 1. The minimum Gasteiger partial charge on any atom is -0.378 e. The summed E-state index contributed by atoms with van der Waals surface area (Å²) in [6.45, 7) is 0. The summed E-state index contributed by atoms with van der Waals surface area (Å²) in [5, 5.41) is 11.2. The molecule has 0 aliphatic carbocycles. The van der Waals surface area contributed by atoms with Gasteiger partial charge < -0.3 is 4.90 Å². The SMILES string of the molecule is CN(C)c1ccc(-c2n[nH]c(=S)n2N=Cc2ccccc2F)cc1. The number of H-pyrrole nitrogens is 1. The highest BCUT2D eigenvalue weighted by Crippen LogP contribution is 2.21. The van der Waals surface area contributed by atoms with Gasteiger partial charge in [0.05, 0.1) is 6.21 Å². The second kappa shape index (κ2) is 6.76. The van der Waals surface area contributed by atoms with Crippen LogP contribution in [0.25, 0.3) is 11.4 Å². The van der Waals surface area contributed by atoms with Gasteiger partial charge in [-0.05, 0) is 42.5 Å². The maximum absolute atomic E-state index is 13.7. The quantitative estimate of drug-likeness (QED) is 0.581. The number of benzene rings is 2. The molecule has 0 amide bonds. The zero-order valence-electron chi connectivity index (χ0n) is 13.3. The van der Waals surface area contributed by atoms with Crippen LogP contribution < -0.4 is 4.90 Å². The van der Waals surface area contributed by atoms with E-state index in [1.807, 2.05) is 43.3 Å². The van der Waals surface area contributed by atoms with E-state index in [4.69, 9.17) is 12.2 Å². The van der Waals surface area contributed by atoms with E-state index < -0.39 is 0 Å². The Balaban J connectivity index is 1.97. The number of hydrogen-bond donors (Lipinski definition) is 1. The summed E-state index contributed by atoms with van der Waals surface area (Å²) in [7, 11) is 3.95. The van der Waals surface area contributed by atoms with Gasteiger partial charge in [-0.15, -0.1) is 0 Å². The molecule has 7 heteroatoms. The molecule has 0 aliphatic rings. The number of nitrogens with one attached hydrogen (secondary N) is 1. The Morgan fingerprint density at radius 3 is 2.54 bits per heavy atom. The number of aromatic amines is 1. The van der Waals surface area contributed by atoms with Gasteiger partial charge in [0, 0.05) is 30.9 Å². The van der Waals surface area contributed by atoms with E-state index in [1.165, 1.54) is 17.0 Å². The zero-order valence-corrected chi connectivity index (χ0v) is 14.1. The van der Waals surface area contributed by atoms with Gasteiger partial charge in [-0.1, -0.05) is 18.2 Å². The zero-order chi connectivity index (χ0) is 17.1. The normalized spacial score (nSPS) is 11.1. The first-order valence-electron chi connectivity index (χ1n) is 7.30. The van der Waals surface area contributed by atoms with E-state index in [1.54, 1.807) is 18.2 Å². The molecule has 0 saturated carbocycles. The van der Waals surface area contributed by atoms with Gasteiger partial charge in [0.1, 0.15) is 5.82 Å². The van der Waals surface area contributed by atoms with Gasteiger partial charge in [-0.2, -0.15) is 14.9 Å². The average Bonchev–Trinajstić information content (AvgIpc) is 2.95. The molecule has 3 rings (SSSR count). The van der Waals surface area contributed by atoms with E-state index in [0.29, 0.717) is 16.2 Å². The number of rotatable bonds is 4. The number of anilines is 1. The fraction of sp³-hybridized carbons (Fsp3) is 0.118. The van der Waals surface area contributed by atoms with E-state index in [0.717, 1.165) is 11.3 Å². The van der Waals surface area contributed by atoms with Crippen LogP contribution in [-0.2, 0) is 0 Å². The monoisotopic (exact) mass is 341 g/mol. The summed E-state index contributed by atoms with van der Waals surface area (Å²) in [4.78, 5) is 2.01. The Labute approximate surface area is 144 Å². The van der Waals surface area contributed by atoms with Crippen LogP contribution in [0.15, 0.2) is 53.6 Å².